The van der Waals surface area contributed by atoms with Gasteiger partial charge in [0, 0.05) is 41.7 Å². The van der Waals surface area contributed by atoms with Gasteiger partial charge >= 0.3 is 5.97 Å². The number of aliphatic hydroxyl groups excluding tert-OH is 1. The van der Waals surface area contributed by atoms with Crippen LogP contribution in [-0.2, 0) is 10.2 Å². The fourth-order valence-electron chi connectivity index (χ4n) is 3.75. The molecule has 1 saturated heterocycles. The Kier molecular flexibility index (Phi) is 6.73. The molecule has 0 aliphatic carbocycles. The lowest BCUT2D eigenvalue weighted by Gasteiger charge is -2.31. The number of thiazole rings is 1. The van der Waals surface area contributed by atoms with E-state index in [1.807, 2.05) is 31.1 Å². The predicted molar refractivity (Wildman–Crippen MR) is 134 cm³/mol. The molecule has 10 nitrogen and oxygen atoms in total. The largest absolute Gasteiger partial charge is 0.478 e. The number of aromatic nitrogens is 3. The van der Waals surface area contributed by atoms with Gasteiger partial charge in [0.15, 0.2) is 5.13 Å². The molecule has 0 radical (unpaired) electrons. The van der Waals surface area contributed by atoms with E-state index in [0.29, 0.717) is 42.4 Å². The molecular weight excluding hydrogens is 470 g/mol. The zero-order valence-electron chi connectivity index (χ0n) is 19.7. The van der Waals surface area contributed by atoms with Crippen molar-refractivity contribution in [1.82, 2.24) is 14.4 Å². The molecule has 4 rings (SSSR count). The van der Waals surface area contributed by atoms with E-state index in [2.05, 4.69) is 15.3 Å². The molecule has 0 bridgehead atoms. The molecule has 184 valence electrons. The van der Waals surface area contributed by atoms with Crippen molar-refractivity contribution in [2.24, 2.45) is 0 Å². The number of amides is 1. The summed E-state index contributed by atoms with van der Waals surface area (Å²) in [5, 5.41) is 24.1. The van der Waals surface area contributed by atoms with Crippen LogP contribution < -0.4 is 15.8 Å². The summed E-state index contributed by atoms with van der Waals surface area (Å²) in [5.74, 6) is -1.24. The number of fused-ring (bicyclic) bond motifs is 1. The Labute approximate surface area is 205 Å². The number of nitrogens with one attached hydrogen (secondary N) is 1. The molecule has 0 atom stereocenters. The number of carboxylic acids is 1. The Balaban J connectivity index is 1.71. The van der Waals surface area contributed by atoms with Crippen molar-refractivity contribution in [2.75, 3.05) is 23.3 Å². The molecule has 3 N–H and O–H groups in total. The quantitative estimate of drug-likeness (QED) is 0.458. The Bertz CT molecular complexity index is 1360. The van der Waals surface area contributed by atoms with Crippen molar-refractivity contribution in [3.63, 3.8) is 0 Å². The van der Waals surface area contributed by atoms with Crippen LogP contribution in [0.25, 0.3) is 11.7 Å². The second kappa shape index (κ2) is 9.59. The summed E-state index contributed by atoms with van der Waals surface area (Å²) >= 11 is 1.34. The van der Waals surface area contributed by atoms with Crippen molar-refractivity contribution >= 4 is 45.9 Å². The van der Waals surface area contributed by atoms with E-state index >= 15 is 0 Å². The van der Waals surface area contributed by atoms with Gasteiger partial charge in [0.05, 0.1) is 17.4 Å². The third kappa shape index (κ3) is 5.41. The Morgan fingerprint density at radius 2 is 1.94 bits per heavy atom. The molecule has 1 fully saturated rings. The molecule has 1 aliphatic rings. The molecule has 0 saturated carbocycles. The number of hydrogen-bond acceptors (Lipinski definition) is 8. The van der Waals surface area contributed by atoms with E-state index in [-0.39, 0.29) is 22.5 Å². The van der Waals surface area contributed by atoms with Crippen LogP contribution in [0.3, 0.4) is 0 Å². The van der Waals surface area contributed by atoms with Crippen molar-refractivity contribution in [3.05, 3.63) is 57.0 Å². The number of hydrogen-bond donors (Lipinski definition) is 3. The van der Waals surface area contributed by atoms with Gasteiger partial charge < -0.3 is 15.1 Å². The number of aliphatic carboxylic acids is 1. The number of anilines is 2. The van der Waals surface area contributed by atoms with Crippen LogP contribution in [0.4, 0.5) is 10.9 Å². The van der Waals surface area contributed by atoms with Gasteiger partial charge in [-0.1, -0.05) is 20.8 Å². The molecule has 0 unspecified atom stereocenters. The van der Waals surface area contributed by atoms with E-state index in [4.69, 9.17) is 5.11 Å². The fraction of sp³-hybridized carbons (Fsp3) is 0.375. The monoisotopic (exact) mass is 497 g/mol. The average Bonchev–Trinajstić information content (AvgIpc) is 3.27. The maximum atomic E-state index is 13.2. The van der Waals surface area contributed by atoms with E-state index in [9.17, 15) is 19.5 Å². The Morgan fingerprint density at radius 3 is 2.57 bits per heavy atom. The van der Waals surface area contributed by atoms with E-state index in [0.717, 1.165) is 11.8 Å². The first kappa shape index (κ1) is 24.6. The molecule has 3 aromatic heterocycles. The molecule has 1 amide bonds. The summed E-state index contributed by atoms with van der Waals surface area (Å²) in [7, 11) is 0. The van der Waals surface area contributed by atoms with E-state index in [1.165, 1.54) is 40.1 Å². The fourth-order valence-corrected chi connectivity index (χ4v) is 4.68. The number of piperidine rings is 1. The van der Waals surface area contributed by atoms with Crippen LogP contribution >= 0.6 is 11.3 Å². The molecular formula is C24H27N5O5S. The zero-order chi connectivity index (χ0) is 25.3. The lowest BCUT2D eigenvalue weighted by atomic mass is 9.93. The van der Waals surface area contributed by atoms with Crippen LogP contribution in [0, 0.1) is 0 Å². The smallest absolute Gasteiger partial charge is 0.328 e. The minimum Gasteiger partial charge on any atom is -0.478 e. The number of carboxylic acid groups (broad SMARTS) is 1. The van der Waals surface area contributed by atoms with Gasteiger partial charge in [-0.25, -0.2) is 14.8 Å². The summed E-state index contributed by atoms with van der Waals surface area (Å²) in [6.45, 7) is 7.07. The maximum Gasteiger partial charge on any atom is 0.328 e. The predicted octanol–water partition coefficient (Wildman–Crippen LogP) is 2.76. The molecule has 35 heavy (non-hydrogen) atoms. The highest BCUT2D eigenvalue weighted by molar-refractivity contribution is 7.14. The summed E-state index contributed by atoms with van der Waals surface area (Å²) in [5.41, 5.74) is 0.986. The van der Waals surface area contributed by atoms with Gasteiger partial charge in [-0.05, 0) is 31.1 Å². The number of aliphatic hydroxyl groups is 1. The van der Waals surface area contributed by atoms with Crippen LogP contribution in [0.1, 0.15) is 55.2 Å². The molecule has 0 spiro atoms. The Morgan fingerprint density at radius 1 is 1.23 bits per heavy atom. The third-order valence-electron chi connectivity index (χ3n) is 5.76. The topological polar surface area (TPSA) is 137 Å². The Hall–Kier alpha value is -3.57. The van der Waals surface area contributed by atoms with E-state index in [1.54, 1.807) is 0 Å². The lowest BCUT2D eigenvalue weighted by molar-refractivity contribution is -0.131. The first-order chi connectivity index (χ1) is 16.5. The van der Waals surface area contributed by atoms with Crippen molar-refractivity contribution in [3.8, 4) is 0 Å². The number of nitrogens with zero attached hydrogens (tertiary/aromatic N) is 4. The molecule has 1 aliphatic heterocycles. The normalized spacial score (nSPS) is 15.1. The number of pyridine rings is 1. The van der Waals surface area contributed by atoms with Crippen molar-refractivity contribution < 1.29 is 19.8 Å². The average molecular weight is 498 g/mol. The van der Waals surface area contributed by atoms with Gasteiger partial charge in [-0.3, -0.25) is 19.3 Å². The standard InChI is InChI=1S/C24H27N5O5S/c1-24(2,3)17-13-35-23(25-17)27-21(33)14-6-11-29-18(12-14)26-20(28-9-7-15(30)8-10-28)16(22(29)34)4-5-19(31)32/h4-6,11-13,15,30H,7-10H2,1-3H3,(H,31,32)(H,25,27,33)/b5-4+. The van der Waals surface area contributed by atoms with Crippen molar-refractivity contribution in [1.29, 1.82) is 0 Å². The van der Waals surface area contributed by atoms with Crippen LogP contribution in [-0.4, -0.2) is 55.7 Å². The lowest BCUT2D eigenvalue weighted by Crippen LogP contribution is -2.38. The van der Waals surface area contributed by atoms with Gasteiger partial charge in [0.25, 0.3) is 11.5 Å². The van der Waals surface area contributed by atoms with E-state index < -0.39 is 17.6 Å². The second-order valence-corrected chi connectivity index (χ2v) is 10.3. The van der Waals surface area contributed by atoms with Gasteiger partial charge in [-0.15, -0.1) is 11.3 Å². The van der Waals surface area contributed by atoms with Crippen LogP contribution in [0.5, 0.6) is 0 Å². The summed E-state index contributed by atoms with van der Waals surface area (Å²) in [6.07, 6.45) is 4.18. The third-order valence-corrected chi connectivity index (χ3v) is 6.51. The number of carbonyl (C=O) groups is 2. The zero-order valence-corrected chi connectivity index (χ0v) is 20.5. The minimum absolute atomic E-state index is 0.135. The number of carbonyl (C=O) groups excluding carboxylic acids is 1. The highest BCUT2D eigenvalue weighted by atomic mass is 32.1. The summed E-state index contributed by atoms with van der Waals surface area (Å²) in [4.78, 5) is 48.2. The maximum absolute atomic E-state index is 13.2. The molecule has 11 heteroatoms. The first-order valence-electron chi connectivity index (χ1n) is 11.2. The van der Waals surface area contributed by atoms with Gasteiger partial charge in [0.1, 0.15) is 11.5 Å². The summed E-state index contributed by atoms with van der Waals surface area (Å²) in [6, 6.07) is 3.02. The molecule has 3 aromatic rings. The molecule has 0 aromatic carbocycles. The van der Waals surface area contributed by atoms with Gasteiger partial charge in [0.2, 0.25) is 0 Å². The number of rotatable bonds is 5. The molecule has 4 heterocycles. The van der Waals surface area contributed by atoms with Crippen LogP contribution in [0.2, 0.25) is 0 Å². The first-order valence-corrected chi connectivity index (χ1v) is 12.1. The summed E-state index contributed by atoms with van der Waals surface area (Å²) < 4.78 is 1.28. The second-order valence-electron chi connectivity index (χ2n) is 9.43. The van der Waals surface area contributed by atoms with Crippen molar-refractivity contribution in [2.45, 2.75) is 45.1 Å². The highest BCUT2D eigenvalue weighted by Gasteiger charge is 2.23. The van der Waals surface area contributed by atoms with Gasteiger partial charge in [-0.2, -0.15) is 0 Å². The SMILES string of the molecule is CC(C)(C)c1csc(NC(=O)c2ccn3c(=O)c(/C=C/C(=O)O)c(N4CCC(O)CC4)nc3c2)n1. The highest BCUT2D eigenvalue weighted by Crippen LogP contribution is 2.27. The van der Waals surface area contributed by atoms with Crippen LogP contribution in [0.15, 0.2) is 34.6 Å². The minimum atomic E-state index is -1.18.